The van der Waals surface area contributed by atoms with Gasteiger partial charge in [0.05, 0.1) is 0 Å². The molecular weight excluding hydrogens is 449 g/mol. The van der Waals surface area contributed by atoms with Crippen molar-refractivity contribution in [3.8, 4) is 0 Å². The van der Waals surface area contributed by atoms with Crippen LogP contribution in [0.5, 0.6) is 0 Å². The average molecular weight is 485 g/mol. The normalized spacial score (nSPS) is 11.9. The lowest BCUT2D eigenvalue weighted by atomic mass is 10.1. The van der Waals surface area contributed by atoms with E-state index in [4.69, 9.17) is 4.74 Å². The van der Waals surface area contributed by atoms with Crippen molar-refractivity contribution in [2.75, 3.05) is 26.2 Å². The summed E-state index contributed by atoms with van der Waals surface area (Å²) in [7, 11) is 0. The van der Waals surface area contributed by atoms with Gasteiger partial charge in [-0.05, 0) is 54.9 Å². The van der Waals surface area contributed by atoms with Crippen LogP contribution in [0.1, 0.15) is 54.9 Å². The third-order valence-corrected chi connectivity index (χ3v) is 2.55. The van der Waals surface area contributed by atoms with Crippen LogP contribution in [-0.4, -0.2) is 55.3 Å². The van der Waals surface area contributed by atoms with Gasteiger partial charge in [0.15, 0.2) is 5.96 Å². The van der Waals surface area contributed by atoms with Gasteiger partial charge in [0.2, 0.25) is 5.91 Å². The molecule has 0 spiro atoms. The second-order valence-electron chi connectivity index (χ2n) is 7.70. The van der Waals surface area contributed by atoms with E-state index in [-0.39, 0.29) is 42.0 Å². The van der Waals surface area contributed by atoms with E-state index in [1.165, 1.54) is 0 Å². The predicted molar refractivity (Wildman–Crippen MR) is 116 cm³/mol. The van der Waals surface area contributed by atoms with E-state index in [9.17, 15) is 9.59 Å². The summed E-state index contributed by atoms with van der Waals surface area (Å²) in [5.41, 5.74) is -0.771. The Morgan fingerprint density at radius 3 is 2.04 bits per heavy atom. The fourth-order valence-electron chi connectivity index (χ4n) is 1.75. The Morgan fingerprint density at radius 2 is 1.54 bits per heavy atom. The minimum absolute atomic E-state index is 0. The smallest absolute Gasteiger partial charge is 0.407 e. The second kappa shape index (κ2) is 13.0. The molecular formula is C17H36IN5O3. The molecule has 0 aliphatic carbocycles. The standard InChI is InChI=1S/C17H35N5O3.HI/c1-8-18-14(21-12-13(23)22-16(2,3)4)19-10-9-11-20-15(24)25-17(5,6)7;/h8-12H2,1-7H3,(H,20,24)(H,22,23)(H2,18,19,21);1H. The number of guanidine groups is 1. The molecule has 0 rings (SSSR count). The van der Waals surface area contributed by atoms with E-state index >= 15 is 0 Å². The van der Waals surface area contributed by atoms with E-state index in [0.29, 0.717) is 32.0 Å². The van der Waals surface area contributed by atoms with Gasteiger partial charge < -0.3 is 26.0 Å². The fourth-order valence-corrected chi connectivity index (χ4v) is 1.75. The van der Waals surface area contributed by atoms with E-state index in [0.717, 1.165) is 0 Å². The number of nitrogens with zero attached hydrogens (tertiary/aromatic N) is 1. The summed E-state index contributed by atoms with van der Waals surface area (Å²) in [5.74, 6) is 0.445. The van der Waals surface area contributed by atoms with Gasteiger partial charge in [-0.15, -0.1) is 24.0 Å². The molecule has 0 aliphatic heterocycles. The maximum atomic E-state index is 11.8. The number of carbonyl (C=O) groups excluding carboxylic acids is 2. The van der Waals surface area contributed by atoms with Crippen molar-refractivity contribution in [1.29, 1.82) is 0 Å². The number of hydrogen-bond donors (Lipinski definition) is 4. The monoisotopic (exact) mass is 485 g/mol. The first-order chi connectivity index (χ1) is 11.4. The average Bonchev–Trinajstić information content (AvgIpc) is 2.40. The Hall–Kier alpha value is -1.26. The Labute approximate surface area is 174 Å². The SMILES string of the molecule is CCNC(=NCC(=O)NC(C)(C)C)NCCCNC(=O)OC(C)(C)C.I. The number of amides is 2. The molecule has 0 saturated carbocycles. The van der Waals surface area contributed by atoms with Crippen molar-refractivity contribution in [1.82, 2.24) is 21.3 Å². The first-order valence-corrected chi connectivity index (χ1v) is 8.73. The first-order valence-electron chi connectivity index (χ1n) is 8.73. The number of aliphatic imine (C=N–C) groups is 1. The molecule has 0 fully saturated rings. The molecule has 2 amide bonds. The Morgan fingerprint density at radius 1 is 0.962 bits per heavy atom. The molecule has 0 saturated heterocycles. The molecule has 0 aromatic carbocycles. The van der Waals surface area contributed by atoms with Crippen molar-refractivity contribution in [2.45, 2.75) is 66.0 Å². The summed E-state index contributed by atoms with van der Waals surface area (Å²) < 4.78 is 5.16. The lowest BCUT2D eigenvalue weighted by Gasteiger charge is -2.20. The van der Waals surface area contributed by atoms with Gasteiger partial charge in [0, 0.05) is 25.2 Å². The van der Waals surface area contributed by atoms with E-state index in [2.05, 4.69) is 26.3 Å². The Bertz CT molecular complexity index is 456. The van der Waals surface area contributed by atoms with Gasteiger partial charge >= 0.3 is 6.09 Å². The predicted octanol–water partition coefficient (Wildman–Crippen LogP) is 1.99. The van der Waals surface area contributed by atoms with Crippen LogP contribution in [-0.2, 0) is 9.53 Å². The molecule has 0 aromatic heterocycles. The lowest BCUT2D eigenvalue weighted by molar-refractivity contribution is -0.121. The molecule has 4 N–H and O–H groups in total. The highest BCUT2D eigenvalue weighted by atomic mass is 127. The van der Waals surface area contributed by atoms with Crippen LogP contribution in [0.2, 0.25) is 0 Å². The summed E-state index contributed by atoms with van der Waals surface area (Å²) in [6.45, 7) is 15.1. The van der Waals surface area contributed by atoms with Crippen LogP contribution in [0.15, 0.2) is 4.99 Å². The molecule has 26 heavy (non-hydrogen) atoms. The van der Waals surface area contributed by atoms with Crippen LogP contribution in [0.4, 0.5) is 4.79 Å². The summed E-state index contributed by atoms with van der Waals surface area (Å²) in [5, 5.41) is 11.8. The Kier molecular flexibility index (Phi) is 13.5. The number of rotatable bonds is 7. The van der Waals surface area contributed by atoms with Crippen molar-refractivity contribution < 1.29 is 14.3 Å². The maximum absolute atomic E-state index is 11.8. The van der Waals surface area contributed by atoms with Crippen LogP contribution in [0.25, 0.3) is 0 Å². The highest BCUT2D eigenvalue weighted by molar-refractivity contribution is 14.0. The summed E-state index contributed by atoms with van der Waals surface area (Å²) >= 11 is 0. The van der Waals surface area contributed by atoms with Crippen LogP contribution < -0.4 is 21.3 Å². The first kappa shape index (κ1) is 27.0. The third kappa shape index (κ3) is 17.6. The zero-order valence-corrected chi connectivity index (χ0v) is 19.4. The number of alkyl carbamates (subject to hydrolysis) is 1. The maximum Gasteiger partial charge on any atom is 0.407 e. The molecule has 0 bridgehead atoms. The molecule has 154 valence electrons. The summed E-state index contributed by atoms with van der Waals surface area (Å²) in [6.07, 6.45) is 0.282. The van der Waals surface area contributed by atoms with Gasteiger partial charge in [-0.3, -0.25) is 4.79 Å². The van der Waals surface area contributed by atoms with Crippen molar-refractivity contribution >= 4 is 41.9 Å². The van der Waals surface area contributed by atoms with Crippen molar-refractivity contribution in [3.05, 3.63) is 0 Å². The van der Waals surface area contributed by atoms with E-state index < -0.39 is 11.7 Å². The molecule has 0 radical (unpaired) electrons. The number of hydrogen-bond acceptors (Lipinski definition) is 4. The van der Waals surface area contributed by atoms with Crippen LogP contribution >= 0.6 is 24.0 Å². The molecule has 9 heteroatoms. The largest absolute Gasteiger partial charge is 0.444 e. The third-order valence-electron chi connectivity index (χ3n) is 2.55. The number of nitrogens with one attached hydrogen (secondary N) is 4. The number of ether oxygens (including phenoxy) is 1. The second-order valence-corrected chi connectivity index (χ2v) is 7.70. The van der Waals surface area contributed by atoms with Gasteiger partial charge in [-0.1, -0.05) is 0 Å². The molecule has 0 aliphatic rings. The van der Waals surface area contributed by atoms with Crippen LogP contribution in [0, 0.1) is 0 Å². The molecule has 8 nitrogen and oxygen atoms in total. The molecule has 0 atom stereocenters. The van der Waals surface area contributed by atoms with Gasteiger partial charge in [-0.25, -0.2) is 9.79 Å². The zero-order chi connectivity index (χ0) is 19.5. The minimum Gasteiger partial charge on any atom is -0.444 e. The van der Waals surface area contributed by atoms with E-state index in [1.54, 1.807) is 0 Å². The van der Waals surface area contributed by atoms with Gasteiger partial charge in [0.25, 0.3) is 0 Å². The van der Waals surface area contributed by atoms with Crippen molar-refractivity contribution in [3.63, 3.8) is 0 Å². The fraction of sp³-hybridized carbons (Fsp3) is 0.824. The summed E-state index contributed by atoms with van der Waals surface area (Å²) in [4.78, 5) is 27.6. The van der Waals surface area contributed by atoms with E-state index in [1.807, 2.05) is 48.5 Å². The van der Waals surface area contributed by atoms with Gasteiger partial charge in [0.1, 0.15) is 12.1 Å². The highest BCUT2D eigenvalue weighted by Crippen LogP contribution is 2.06. The van der Waals surface area contributed by atoms with Crippen molar-refractivity contribution in [2.24, 2.45) is 4.99 Å². The molecule has 0 heterocycles. The number of carbonyl (C=O) groups is 2. The topological polar surface area (TPSA) is 104 Å². The molecule has 0 aromatic rings. The Balaban J connectivity index is 0. The molecule has 0 unspecified atom stereocenters. The summed E-state index contributed by atoms with van der Waals surface area (Å²) in [6, 6.07) is 0. The lowest BCUT2D eigenvalue weighted by Crippen LogP contribution is -2.43. The number of halogens is 1. The quantitative estimate of drug-likeness (QED) is 0.191. The minimum atomic E-state index is -0.499. The van der Waals surface area contributed by atoms with Crippen LogP contribution in [0.3, 0.4) is 0 Å². The van der Waals surface area contributed by atoms with Gasteiger partial charge in [-0.2, -0.15) is 0 Å². The zero-order valence-electron chi connectivity index (χ0n) is 17.1. The highest BCUT2D eigenvalue weighted by Gasteiger charge is 2.15.